The van der Waals surface area contributed by atoms with Gasteiger partial charge in [-0.15, -0.1) is 0 Å². The van der Waals surface area contributed by atoms with E-state index >= 15 is 0 Å². The summed E-state index contributed by atoms with van der Waals surface area (Å²) in [6.45, 7) is 6.12. The SMILES string of the molecule is Cc1cc(C)cc(OC(c2ccccc2)C(C)N)c1. The maximum absolute atomic E-state index is 6.10. The second-order valence-electron chi connectivity index (χ2n) is 5.13. The summed E-state index contributed by atoms with van der Waals surface area (Å²) in [5.41, 5.74) is 9.58. The van der Waals surface area contributed by atoms with Crippen LogP contribution < -0.4 is 10.5 Å². The molecule has 0 fully saturated rings. The molecule has 0 bridgehead atoms. The highest BCUT2D eigenvalue weighted by Gasteiger charge is 2.18. The molecule has 2 rings (SSSR count). The molecule has 0 saturated carbocycles. The van der Waals surface area contributed by atoms with Gasteiger partial charge in [0.2, 0.25) is 0 Å². The van der Waals surface area contributed by atoms with Gasteiger partial charge in [-0.25, -0.2) is 0 Å². The van der Waals surface area contributed by atoms with Crippen molar-refractivity contribution in [2.45, 2.75) is 32.9 Å². The molecule has 0 spiro atoms. The molecule has 0 heterocycles. The van der Waals surface area contributed by atoms with Crippen LogP contribution in [-0.2, 0) is 0 Å². The number of nitrogens with two attached hydrogens (primary N) is 1. The Morgan fingerprint density at radius 2 is 1.53 bits per heavy atom. The Balaban J connectivity index is 2.27. The second-order valence-corrected chi connectivity index (χ2v) is 5.13. The largest absolute Gasteiger partial charge is 0.484 e. The highest BCUT2D eigenvalue weighted by Crippen LogP contribution is 2.25. The molecule has 0 radical (unpaired) electrons. The van der Waals surface area contributed by atoms with Crippen LogP contribution in [-0.4, -0.2) is 6.04 Å². The van der Waals surface area contributed by atoms with Crippen molar-refractivity contribution < 1.29 is 4.74 Å². The van der Waals surface area contributed by atoms with Crippen LogP contribution in [0.3, 0.4) is 0 Å². The minimum atomic E-state index is -0.123. The van der Waals surface area contributed by atoms with E-state index in [1.807, 2.05) is 37.3 Å². The summed E-state index contributed by atoms with van der Waals surface area (Å²) < 4.78 is 6.10. The van der Waals surface area contributed by atoms with Gasteiger partial charge >= 0.3 is 0 Å². The van der Waals surface area contributed by atoms with Gasteiger partial charge in [0.05, 0.1) is 0 Å². The Morgan fingerprint density at radius 3 is 2.05 bits per heavy atom. The molecular formula is C17H21NO. The van der Waals surface area contributed by atoms with E-state index in [2.05, 4.69) is 32.0 Å². The lowest BCUT2D eigenvalue weighted by atomic mass is 10.0. The molecule has 2 nitrogen and oxygen atoms in total. The lowest BCUT2D eigenvalue weighted by molar-refractivity contribution is 0.180. The molecule has 0 aliphatic carbocycles. The molecule has 0 aromatic heterocycles. The molecule has 2 aromatic carbocycles. The second kappa shape index (κ2) is 5.89. The quantitative estimate of drug-likeness (QED) is 0.902. The number of hydrogen-bond donors (Lipinski definition) is 1. The van der Waals surface area contributed by atoms with Crippen LogP contribution >= 0.6 is 0 Å². The van der Waals surface area contributed by atoms with Crippen molar-refractivity contribution in [2.75, 3.05) is 0 Å². The van der Waals surface area contributed by atoms with Crippen LogP contribution in [0.25, 0.3) is 0 Å². The number of rotatable bonds is 4. The van der Waals surface area contributed by atoms with Crippen molar-refractivity contribution in [1.82, 2.24) is 0 Å². The summed E-state index contributed by atoms with van der Waals surface area (Å²) in [6.07, 6.45) is -0.123. The van der Waals surface area contributed by atoms with Crippen LogP contribution in [0.2, 0.25) is 0 Å². The van der Waals surface area contributed by atoms with Crippen molar-refractivity contribution in [3.63, 3.8) is 0 Å². The van der Waals surface area contributed by atoms with Gasteiger partial charge in [0, 0.05) is 6.04 Å². The normalized spacial score (nSPS) is 13.9. The zero-order valence-electron chi connectivity index (χ0n) is 11.8. The number of aryl methyl sites for hydroxylation is 2. The third-order valence-corrected chi connectivity index (χ3v) is 3.06. The fraction of sp³-hybridized carbons (Fsp3) is 0.294. The third-order valence-electron chi connectivity index (χ3n) is 3.06. The lowest BCUT2D eigenvalue weighted by Gasteiger charge is -2.23. The Bertz CT molecular complexity index is 514. The molecule has 2 unspecified atom stereocenters. The Hall–Kier alpha value is -1.80. The molecular weight excluding hydrogens is 234 g/mol. The number of benzene rings is 2. The topological polar surface area (TPSA) is 35.2 Å². The Morgan fingerprint density at radius 1 is 0.947 bits per heavy atom. The van der Waals surface area contributed by atoms with Crippen molar-refractivity contribution in [1.29, 1.82) is 0 Å². The van der Waals surface area contributed by atoms with Gasteiger partial charge in [-0.3, -0.25) is 0 Å². The number of hydrogen-bond acceptors (Lipinski definition) is 2. The first-order valence-corrected chi connectivity index (χ1v) is 6.62. The molecule has 0 aliphatic heterocycles. The van der Waals surface area contributed by atoms with E-state index in [9.17, 15) is 0 Å². The van der Waals surface area contributed by atoms with Gasteiger partial charge in [0.25, 0.3) is 0 Å². The third kappa shape index (κ3) is 3.58. The first-order valence-electron chi connectivity index (χ1n) is 6.62. The molecule has 2 atom stereocenters. The van der Waals surface area contributed by atoms with Crippen molar-refractivity contribution in [3.05, 3.63) is 65.2 Å². The Kier molecular flexibility index (Phi) is 4.23. The standard InChI is InChI=1S/C17H21NO/c1-12-9-13(2)11-16(10-12)19-17(14(3)18)15-7-5-4-6-8-15/h4-11,14,17H,18H2,1-3H3. The van der Waals surface area contributed by atoms with Crippen LogP contribution in [0.5, 0.6) is 5.75 Å². The summed E-state index contributed by atoms with van der Waals surface area (Å²) in [4.78, 5) is 0. The molecule has 0 saturated heterocycles. The van der Waals surface area contributed by atoms with E-state index in [4.69, 9.17) is 10.5 Å². The minimum absolute atomic E-state index is 0.0665. The zero-order valence-corrected chi connectivity index (χ0v) is 11.8. The van der Waals surface area contributed by atoms with Crippen molar-refractivity contribution in [3.8, 4) is 5.75 Å². The molecule has 19 heavy (non-hydrogen) atoms. The van der Waals surface area contributed by atoms with Crippen molar-refractivity contribution in [2.24, 2.45) is 5.73 Å². The predicted octanol–water partition coefficient (Wildman–Crippen LogP) is 3.77. The molecule has 2 N–H and O–H groups in total. The highest BCUT2D eigenvalue weighted by molar-refractivity contribution is 5.34. The van der Waals surface area contributed by atoms with Crippen LogP contribution in [0.4, 0.5) is 0 Å². The molecule has 2 heteroatoms. The van der Waals surface area contributed by atoms with Crippen LogP contribution in [0.1, 0.15) is 29.7 Å². The smallest absolute Gasteiger partial charge is 0.138 e. The van der Waals surface area contributed by atoms with E-state index in [0.29, 0.717) is 0 Å². The molecule has 2 aromatic rings. The van der Waals surface area contributed by atoms with Gasteiger partial charge in [-0.1, -0.05) is 36.4 Å². The summed E-state index contributed by atoms with van der Waals surface area (Å²) in [6, 6.07) is 16.3. The van der Waals surface area contributed by atoms with Gasteiger partial charge in [0.1, 0.15) is 11.9 Å². The first kappa shape index (κ1) is 13.6. The van der Waals surface area contributed by atoms with E-state index in [1.165, 1.54) is 11.1 Å². The number of ether oxygens (including phenoxy) is 1. The average molecular weight is 255 g/mol. The monoisotopic (exact) mass is 255 g/mol. The van der Waals surface area contributed by atoms with Gasteiger partial charge in [-0.05, 0) is 49.6 Å². The van der Waals surface area contributed by atoms with Gasteiger partial charge in [0.15, 0.2) is 0 Å². The maximum Gasteiger partial charge on any atom is 0.138 e. The van der Waals surface area contributed by atoms with Gasteiger partial charge < -0.3 is 10.5 Å². The van der Waals surface area contributed by atoms with Gasteiger partial charge in [-0.2, -0.15) is 0 Å². The maximum atomic E-state index is 6.10. The minimum Gasteiger partial charge on any atom is -0.484 e. The van der Waals surface area contributed by atoms with E-state index in [0.717, 1.165) is 11.3 Å². The predicted molar refractivity (Wildman–Crippen MR) is 79.4 cm³/mol. The fourth-order valence-corrected chi connectivity index (χ4v) is 2.27. The van der Waals surface area contributed by atoms with E-state index < -0.39 is 0 Å². The zero-order chi connectivity index (χ0) is 13.8. The van der Waals surface area contributed by atoms with E-state index in [1.54, 1.807) is 0 Å². The molecule has 100 valence electrons. The summed E-state index contributed by atoms with van der Waals surface area (Å²) in [7, 11) is 0. The molecule has 0 amide bonds. The highest BCUT2D eigenvalue weighted by atomic mass is 16.5. The average Bonchev–Trinajstić information content (AvgIpc) is 2.35. The van der Waals surface area contributed by atoms with E-state index in [-0.39, 0.29) is 12.1 Å². The molecule has 0 aliphatic rings. The van der Waals surface area contributed by atoms with Crippen molar-refractivity contribution >= 4 is 0 Å². The lowest BCUT2D eigenvalue weighted by Crippen LogP contribution is -2.29. The Labute approximate surface area is 115 Å². The van der Waals surface area contributed by atoms with Crippen LogP contribution in [0, 0.1) is 13.8 Å². The van der Waals surface area contributed by atoms with Crippen LogP contribution in [0.15, 0.2) is 48.5 Å². The fourth-order valence-electron chi connectivity index (χ4n) is 2.27. The first-order chi connectivity index (χ1) is 9.06. The summed E-state index contributed by atoms with van der Waals surface area (Å²) >= 11 is 0. The summed E-state index contributed by atoms with van der Waals surface area (Å²) in [5.74, 6) is 0.878. The summed E-state index contributed by atoms with van der Waals surface area (Å²) in [5, 5.41) is 0.